The van der Waals surface area contributed by atoms with Gasteiger partial charge in [-0.15, -0.1) is 11.6 Å². The Labute approximate surface area is 235 Å². The summed E-state index contributed by atoms with van der Waals surface area (Å²) in [5, 5.41) is 2.84. The summed E-state index contributed by atoms with van der Waals surface area (Å²) in [6.07, 6.45) is 3.03. The van der Waals surface area contributed by atoms with Gasteiger partial charge < -0.3 is 19.7 Å². The molecule has 2 unspecified atom stereocenters. The zero-order valence-corrected chi connectivity index (χ0v) is 23.4. The van der Waals surface area contributed by atoms with Gasteiger partial charge >= 0.3 is 0 Å². The lowest BCUT2D eigenvalue weighted by molar-refractivity contribution is -0.142. The summed E-state index contributed by atoms with van der Waals surface area (Å²) < 4.78 is 11.9. The summed E-state index contributed by atoms with van der Waals surface area (Å²) in [5.41, 5.74) is 4.43. The summed E-state index contributed by atoms with van der Waals surface area (Å²) in [7, 11) is 3.64. The minimum atomic E-state index is -0.778. The highest BCUT2D eigenvalue weighted by atomic mass is 35.5. The number of para-hydroxylation sites is 1. The van der Waals surface area contributed by atoms with Gasteiger partial charge in [0.2, 0.25) is 0 Å². The van der Waals surface area contributed by atoms with Gasteiger partial charge in [-0.25, -0.2) is 0 Å². The van der Waals surface area contributed by atoms with Crippen LogP contribution in [-0.4, -0.2) is 48.9 Å². The molecular weight excluding hydrogens is 512 g/mol. The number of nitrogens with one attached hydrogen (secondary N) is 1. The van der Waals surface area contributed by atoms with E-state index in [1.165, 1.54) is 0 Å². The van der Waals surface area contributed by atoms with Crippen molar-refractivity contribution in [2.75, 3.05) is 14.2 Å². The highest BCUT2D eigenvalue weighted by Gasteiger charge is 2.42. The third kappa shape index (κ3) is 5.68. The van der Waals surface area contributed by atoms with Crippen molar-refractivity contribution in [2.45, 2.75) is 62.7 Å². The summed E-state index contributed by atoms with van der Waals surface area (Å²) in [6, 6.07) is 21.7. The molecule has 5 rings (SSSR count). The minimum Gasteiger partial charge on any atom is -0.496 e. The number of alkyl halides is 1. The van der Waals surface area contributed by atoms with E-state index in [-0.39, 0.29) is 17.7 Å². The van der Waals surface area contributed by atoms with Gasteiger partial charge in [0.1, 0.15) is 16.9 Å². The molecule has 1 fully saturated rings. The average Bonchev–Trinajstić information content (AvgIpc) is 3.32. The van der Waals surface area contributed by atoms with E-state index in [1.807, 2.05) is 72.6 Å². The predicted molar refractivity (Wildman–Crippen MR) is 154 cm³/mol. The average molecular weight is 547 g/mol. The number of Topliss-reactive ketones (excluding diaryl/α,β-unsaturated/α-hetero) is 1. The molecule has 39 heavy (non-hydrogen) atoms. The number of hydrogen-bond acceptors (Lipinski definition) is 5. The summed E-state index contributed by atoms with van der Waals surface area (Å²) in [5.74, 6) is 1.33. The van der Waals surface area contributed by atoms with Crippen LogP contribution in [-0.2, 0) is 11.3 Å². The van der Waals surface area contributed by atoms with Gasteiger partial charge in [-0.05, 0) is 69.0 Å². The van der Waals surface area contributed by atoms with E-state index < -0.39 is 11.5 Å². The third-order valence-electron chi connectivity index (χ3n) is 8.05. The number of nitrogens with zero attached hydrogens (tertiary/aromatic N) is 1. The molecule has 1 heterocycles. The molecule has 0 saturated heterocycles. The quantitative estimate of drug-likeness (QED) is 0.270. The molecule has 204 valence electrons. The fourth-order valence-electron chi connectivity index (χ4n) is 5.74. The Morgan fingerprint density at radius 3 is 2.33 bits per heavy atom. The monoisotopic (exact) mass is 546 g/mol. The molecule has 0 bridgehead atoms. The number of ketones is 1. The smallest absolute Gasteiger partial charge is 0.266 e. The maximum atomic E-state index is 14.2. The Morgan fingerprint density at radius 1 is 1.00 bits per heavy atom. The van der Waals surface area contributed by atoms with Gasteiger partial charge in [-0.3, -0.25) is 9.59 Å². The first kappa shape index (κ1) is 27.2. The number of benzene rings is 3. The SMILES string of the molecule is CNC1CCC(N(Cc2cc(-c3ccc(C(C)=O)cc3)ccc2OC)C(=O)C2Oc3ccccc3C2Cl)CC1. The maximum Gasteiger partial charge on any atom is 0.266 e. The topological polar surface area (TPSA) is 67.9 Å². The molecule has 3 aromatic carbocycles. The maximum absolute atomic E-state index is 14.2. The second-order valence-electron chi connectivity index (χ2n) is 10.4. The van der Waals surface area contributed by atoms with Crippen LogP contribution in [0, 0.1) is 0 Å². The Morgan fingerprint density at radius 2 is 1.69 bits per heavy atom. The van der Waals surface area contributed by atoms with E-state index in [2.05, 4.69) is 11.4 Å². The second kappa shape index (κ2) is 11.8. The van der Waals surface area contributed by atoms with E-state index in [9.17, 15) is 9.59 Å². The summed E-state index contributed by atoms with van der Waals surface area (Å²) in [6.45, 7) is 1.95. The first-order valence-corrected chi connectivity index (χ1v) is 14.0. The zero-order valence-electron chi connectivity index (χ0n) is 22.7. The van der Waals surface area contributed by atoms with Crippen molar-refractivity contribution in [3.63, 3.8) is 0 Å². The molecule has 1 saturated carbocycles. The van der Waals surface area contributed by atoms with E-state index >= 15 is 0 Å². The normalized spacial score (nSPS) is 22.1. The molecule has 3 aromatic rings. The van der Waals surface area contributed by atoms with E-state index in [4.69, 9.17) is 21.1 Å². The van der Waals surface area contributed by atoms with Crippen LogP contribution in [0.4, 0.5) is 0 Å². The fourth-order valence-corrected chi connectivity index (χ4v) is 6.08. The molecule has 7 heteroatoms. The number of carbonyl (C=O) groups excluding carboxylic acids is 2. The van der Waals surface area contributed by atoms with E-state index in [1.54, 1.807) is 14.0 Å². The Balaban J connectivity index is 1.46. The van der Waals surface area contributed by atoms with Crippen LogP contribution in [0.5, 0.6) is 11.5 Å². The minimum absolute atomic E-state index is 0.0352. The lowest BCUT2D eigenvalue weighted by Gasteiger charge is -2.38. The Bertz CT molecular complexity index is 1330. The first-order chi connectivity index (χ1) is 18.9. The van der Waals surface area contributed by atoms with Crippen molar-refractivity contribution in [3.05, 3.63) is 83.4 Å². The molecule has 1 amide bonds. The van der Waals surface area contributed by atoms with Crippen molar-refractivity contribution in [1.82, 2.24) is 10.2 Å². The molecule has 0 aromatic heterocycles. The van der Waals surface area contributed by atoms with Crippen LogP contribution >= 0.6 is 11.6 Å². The molecule has 0 radical (unpaired) electrons. The highest BCUT2D eigenvalue weighted by Crippen LogP contribution is 2.42. The fraction of sp³-hybridized carbons (Fsp3) is 0.375. The van der Waals surface area contributed by atoms with Crippen molar-refractivity contribution in [2.24, 2.45) is 0 Å². The van der Waals surface area contributed by atoms with Crippen LogP contribution in [0.1, 0.15) is 59.5 Å². The lowest BCUT2D eigenvalue weighted by atomic mass is 9.89. The standard InChI is InChI=1S/C32H35ClN2O4/c1-20(36)21-8-10-22(11-9-21)23-12-17-28(38-3)24(18-23)19-35(26-15-13-25(34-2)14-16-26)32(37)31-30(33)27-6-4-5-7-29(27)39-31/h4-12,17-18,25-26,30-31,34H,13-16,19H2,1-3H3. The van der Waals surface area contributed by atoms with Gasteiger partial charge in [0.15, 0.2) is 11.9 Å². The second-order valence-corrected chi connectivity index (χ2v) is 10.9. The summed E-state index contributed by atoms with van der Waals surface area (Å²) in [4.78, 5) is 27.9. The number of ether oxygens (including phenoxy) is 2. The van der Waals surface area contributed by atoms with Crippen LogP contribution in [0.3, 0.4) is 0 Å². The molecule has 6 nitrogen and oxygen atoms in total. The molecule has 1 aliphatic carbocycles. The number of halogens is 1. The van der Waals surface area contributed by atoms with Gasteiger partial charge in [-0.2, -0.15) is 0 Å². The molecule has 0 spiro atoms. The molecular formula is C32H35ClN2O4. The predicted octanol–water partition coefficient (Wildman–Crippen LogP) is 6.17. The number of amides is 1. The van der Waals surface area contributed by atoms with Crippen LogP contribution < -0.4 is 14.8 Å². The highest BCUT2D eigenvalue weighted by molar-refractivity contribution is 6.23. The largest absolute Gasteiger partial charge is 0.496 e. The van der Waals surface area contributed by atoms with Crippen molar-refractivity contribution in [1.29, 1.82) is 0 Å². The molecule has 1 aliphatic heterocycles. The lowest BCUT2D eigenvalue weighted by Crippen LogP contribution is -2.49. The Hall–Kier alpha value is -3.35. The van der Waals surface area contributed by atoms with Crippen molar-refractivity contribution in [3.8, 4) is 22.6 Å². The zero-order chi connectivity index (χ0) is 27.5. The summed E-state index contributed by atoms with van der Waals surface area (Å²) >= 11 is 6.80. The van der Waals surface area contributed by atoms with E-state index in [0.29, 0.717) is 23.9 Å². The van der Waals surface area contributed by atoms with Gasteiger partial charge in [-0.1, -0.05) is 48.5 Å². The Kier molecular flexibility index (Phi) is 8.24. The number of carbonyl (C=O) groups is 2. The van der Waals surface area contributed by atoms with Crippen LogP contribution in [0.2, 0.25) is 0 Å². The van der Waals surface area contributed by atoms with Gasteiger partial charge in [0.25, 0.3) is 5.91 Å². The number of rotatable bonds is 8. The number of fused-ring (bicyclic) bond motifs is 1. The molecule has 2 atom stereocenters. The van der Waals surface area contributed by atoms with Crippen molar-refractivity contribution >= 4 is 23.3 Å². The van der Waals surface area contributed by atoms with Crippen LogP contribution in [0.15, 0.2) is 66.7 Å². The first-order valence-electron chi connectivity index (χ1n) is 13.5. The number of hydrogen-bond donors (Lipinski definition) is 1. The van der Waals surface area contributed by atoms with Crippen molar-refractivity contribution < 1.29 is 19.1 Å². The number of methoxy groups -OCH3 is 1. The molecule has 2 aliphatic rings. The van der Waals surface area contributed by atoms with Gasteiger partial charge in [0, 0.05) is 35.3 Å². The van der Waals surface area contributed by atoms with Crippen LogP contribution in [0.25, 0.3) is 11.1 Å². The molecule has 1 N–H and O–H groups in total. The third-order valence-corrected chi connectivity index (χ3v) is 8.52. The van der Waals surface area contributed by atoms with Gasteiger partial charge in [0.05, 0.1) is 7.11 Å². The van der Waals surface area contributed by atoms with E-state index in [0.717, 1.165) is 53.7 Å².